The quantitative estimate of drug-likeness (QED) is 0.242. The van der Waals surface area contributed by atoms with E-state index in [0.29, 0.717) is 17.5 Å². The van der Waals surface area contributed by atoms with Gasteiger partial charge < -0.3 is 15.8 Å². The number of benzene rings is 3. The van der Waals surface area contributed by atoms with Gasteiger partial charge in [-0.05, 0) is 42.7 Å². The van der Waals surface area contributed by atoms with Crippen LogP contribution >= 0.6 is 0 Å². The zero-order valence-corrected chi connectivity index (χ0v) is 19.1. The van der Waals surface area contributed by atoms with Crippen molar-refractivity contribution < 1.29 is 14.3 Å². The molecule has 0 radical (unpaired) electrons. The lowest BCUT2D eigenvalue weighted by atomic mass is 9.90. The smallest absolute Gasteiger partial charge is 0.311 e. The van der Waals surface area contributed by atoms with Crippen molar-refractivity contribution in [1.82, 2.24) is 5.32 Å². The number of hydrogen-bond acceptors (Lipinski definition) is 4. The molecule has 0 fully saturated rings. The van der Waals surface area contributed by atoms with Gasteiger partial charge in [-0.15, -0.1) is 0 Å². The van der Waals surface area contributed by atoms with Crippen molar-refractivity contribution in [2.45, 2.75) is 19.4 Å². The second-order valence-electron chi connectivity index (χ2n) is 7.81. The van der Waals surface area contributed by atoms with Crippen molar-refractivity contribution in [2.24, 2.45) is 11.7 Å². The fourth-order valence-corrected chi connectivity index (χ4v) is 3.61. The molecule has 0 aliphatic rings. The third-order valence-corrected chi connectivity index (χ3v) is 5.35. The van der Waals surface area contributed by atoms with Crippen molar-refractivity contribution in [1.29, 1.82) is 5.41 Å². The Hall–Kier alpha value is -4.19. The molecule has 1 amide bonds. The van der Waals surface area contributed by atoms with Gasteiger partial charge in [-0.1, -0.05) is 78.9 Å². The third-order valence-electron chi connectivity index (χ3n) is 5.35. The van der Waals surface area contributed by atoms with Crippen LogP contribution in [0.1, 0.15) is 34.0 Å². The fourth-order valence-electron chi connectivity index (χ4n) is 3.61. The molecule has 6 heteroatoms. The van der Waals surface area contributed by atoms with E-state index < -0.39 is 17.9 Å². The summed E-state index contributed by atoms with van der Waals surface area (Å²) < 4.78 is 5.38. The standard InChI is InChI=1S/C28H29N3O3/c1-2-34-28(33)24(19-21-12-9-15-23(18-21)26(29)30)25(17-16-20-10-5-3-6-11-20)31-27(32)22-13-7-4-8-14-22/h3-18,24-25H,2,19H2,1H3,(H3,29,30)(H,31,32)/b17-16+. The van der Waals surface area contributed by atoms with Crippen LogP contribution in [0.3, 0.4) is 0 Å². The minimum atomic E-state index is -0.685. The van der Waals surface area contributed by atoms with Gasteiger partial charge in [-0.25, -0.2) is 0 Å². The number of amides is 1. The van der Waals surface area contributed by atoms with E-state index in [2.05, 4.69) is 5.32 Å². The monoisotopic (exact) mass is 455 g/mol. The van der Waals surface area contributed by atoms with E-state index in [1.807, 2.05) is 54.6 Å². The van der Waals surface area contributed by atoms with Crippen LogP contribution in [0.2, 0.25) is 0 Å². The number of esters is 1. The molecule has 3 aromatic rings. The van der Waals surface area contributed by atoms with E-state index >= 15 is 0 Å². The van der Waals surface area contributed by atoms with Crippen LogP contribution in [0.25, 0.3) is 6.08 Å². The molecule has 0 aliphatic carbocycles. The maximum Gasteiger partial charge on any atom is 0.311 e. The number of nitrogen functional groups attached to an aromatic ring is 1. The first-order chi connectivity index (χ1) is 16.5. The summed E-state index contributed by atoms with van der Waals surface area (Å²) in [5, 5.41) is 10.7. The van der Waals surface area contributed by atoms with E-state index in [-0.39, 0.29) is 18.3 Å². The molecule has 174 valence electrons. The zero-order valence-electron chi connectivity index (χ0n) is 19.1. The van der Waals surface area contributed by atoms with Gasteiger partial charge in [-0.2, -0.15) is 0 Å². The highest BCUT2D eigenvalue weighted by atomic mass is 16.5. The molecule has 0 heterocycles. The second-order valence-corrected chi connectivity index (χ2v) is 7.81. The van der Waals surface area contributed by atoms with Gasteiger partial charge in [0.1, 0.15) is 5.84 Å². The van der Waals surface area contributed by atoms with Crippen LogP contribution in [-0.4, -0.2) is 30.4 Å². The maximum absolute atomic E-state index is 13.1. The van der Waals surface area contributed by atoms with Crippen LogP contribution in [-0.2, 0) is 16.0 Å². The summed E-state index contributed by atoms with van der Waals surface area (Å²) in [6, 6.07) is 25.1. The summed E-state index contributed by atoms with van der Waals surface area (Å²) in [6.07, 6.45) is 4.01. The Balaban J connectivity index is 1.96. The van der Waals surface area contributed by atoms with E-state index in [4.69, 9.17) is 15.9 Å². The Labute approximate surface area is 200 Å². The summed E-state index contributed by atoms with van der Waals surface area (Å²) in [7, 11) is 0. The second kappa shape index (κ2) is 12.2. The van der Waals surface area contributed by atoms with Gasteiger partial charge in [0, 0.05) is 11.1 Å². The molecular weight excluding hydrogens is 426 g/mol. The van der Waals surface area contributed by atoms with Crippen molar-refractivity contribution in [3.8, 4) is 0 Å². The number of nitrogens with two attached hydrogens (primary N) is 1. The van der Waals surface area contributed by atoms with Gasteiger partial charge >= 0.3 is 5.97 Å². The number of amidine groups is 1. The number of ether oxygens (including phenoxy) is 1. The fraction of sp³-hybridized carbons (Fsp3) is 0.179. The zero-order chi connectivity index (χ0) is 24.3. The molecule has 2 atom stereocenters. The molecule has 0 saturated carbocycles. The number of carbonyl (C=O) groups excluding carboxylic acids is 2. The van der Waals surface area contributed by atoms with Crippen molar-refractivity contribution >= 4 is 23.8 Å². The Morgan fingerprint density at radius 3 is 2.26 bits per heavy atom. The highest BCUT2D eigenvalue weighted by molar-refractivity contribution is 5.95. The molecule has 0 bridgehead atoms. The third kappa shape index (κ3) is 6.90. The maximum atomic E-state index is 13.1. The van der Waals surface area contributed by atoms with Crippen LogP contribution in [0.4, 0.5) is 0 Å². The van der Waals surface area contributed by atoms with Crippen molar-refractivity contribution in [3.63, 3.8) is 0 Å². The van der Waals surface area contributed by atoms with E-state index in [0.717, 1.165) is 11.1 Å². The Kier molecular flexibility index (Phi) is 8.74. The number of rotatable bonds is 10. The highest BCUT2D eigenvalue weighted by Crippen LogP contribution is 2.19. The lowest BCUT2D eigenvalue weighted by Crippen LogP contribution is -2.43. The SMILES string of the molecule is CCOC(=O)C(Cc1cccc(C(=N)N)c1)C(/C=C/c1ccccc1)NC(=O)c1ccccc1. The number of hydrogen-bond donors (Lipinski definition) is 3. The van der Waals surface area contributed by atoms with E-state index in [1.54, 1.807) is 49.4 Å². The summed E-state index contributed by atoms with van der Waals surface area (Å²) in [5.74, 6) is -1.43. The minimum Gasteiger partial charge on any atom is -0.466 e. The first kappa shape index (κ1) is 24.5. The molecule has 6 nitrogen and oxygen atoms in total. The highest BCUT2D eigenvalue weighted by Gasteiger charge is 2.30. The topological polar surface area (TPSA) is 105 Å². The van der Waals surface area contributed by atoms with Crippen LogP contribution in [0.15, 0.2) is 91.0 Å². The summed E-state index contributed by atoms with van der Waals surface area (Å²) in [4.78, 5) is 26.1. The largest absolute Gasteiger partial charge is 0.466 e. The van der Waals surface area contributed by atoms with Gasteiger partial charge in [0.15, 0.2) is 0 Å². The average Bonchev–Trinajstić information content (AvgIpc) is 2.86. The molecule has 2 unspecified atom stereocenters. The first-order valence-corrected chi connectivity index (χ1v) is 11.2. The lowest BCUT2D eigenvalue weighted by molar-refractivity contribution is -0.148. The normalized spacial score (nSPS) is 12.6. The molecule has 34 heavy (non-hydrogen) atoms. The summed E-state index contributed by atoms with van der Waals surface area (Å²) >= 11 is 0. The average molecular weight is 456 g/mol. The Morgan fingerprint density at radius 2 is 1.62 bits per heavy atom. The van der Waals surface area contributed by atoms with Gasteiger partial charge in [0.25, 0.3) is 5.91 Å². The van der Waals surface area contributed by atoms with Crippen molar-refractivity contribution in [2.75, 3.05) is 6.61 Å². The predicted molar refractivity (Wildman–Crippen MR) is 134 cm³/mol. The van der Waals surface area contributed by atoms with Crippen LogP contribution in [0.5, 0.6) is 0 Å². The number of nitrogens with one attached hydrogen (secondary N) is 2. The number of carbonyl (C=O) groups is 2. The lowest BCUT2D eigenvalue weighted by Gasteiger charge is -2.25. The molecular formula is C28H29N3O3. The van der Waals surface area contributed by atoms with Crippen molar-refractivity contribution in [3.05, 3.63) is 113 Å². The first-order valence-electron chi connectivity index (χ1n) is 11.2. The predicted octanol–water partition coefficient (Wildman–Crippen LogP) is 4.20. The molecule has 0 aliphatic heterocycles. The summed E-state index contributed by atoms with van der Waals surface area (Å²) in [6.45, 7) is 1.98. The van der Waals surface area contributed by atoms with E-state index in [9.17, 15) is 9.59 Å². The van der Waals surface area contributed by atoms with Gasteiger partial charge in [0.2, 0.25) is 0 Å². The summed E-state index contributed by atoms with van der Waals surface area (Å²) in [5.41, 5.74) is 8.49. The Morgan fingerprint density at radius 1 is 0.971 bits per heavy atom. The molecule has 0 aromatic heterocycles. The molecule has 0 saturated heterocycles. The van der Waals surface area contributed by atoms with Crippen LogP contribution < -0.4 is 11.1 Å². The van der Waals surface area contributed by atoms with Crippen LogP contribution in [0, 0.1) is 11.3 Å². The molecule has 3 rings (SSSR count). The molecule has 3 aromatic carbocycles. The molecule has 0 spiro atoms. The Bertz CT molecular complexity index is 1140. The van der Waals surface area contributed by atoms with E-state index in [1.165, 1.54) is 0 Å². The minimum absolute atomic E-state index is 0.0487. The molecule has 4 N–H and O–H groups in total. The van der Waals surface area contributed by atoms with Gasteiger partial charge in [-0.3, -0.25) is 15.0 Å². The van der Waals surface area contributed by atoms with Gasteiger partial charge in [0.05, 0.1) is 18.6 Å².